The molecule has 28 heavy (non-hydrogen) atoms. The second-order valence-electron chi connectivity index (χ2n) is 8.99. The summed E-state index contributed by atoms with van der Waals surface area (Å²) in [6, 6.07) is 0. The molecular formula is C21H30O7. The van der Waals surface area contributed by atoms with Crippen molar-refractivity contribution in [2.24, 2.45) is 17.3 Å². The van der Waals surface area contributed by atoms with Crippen molar-refractivity contribution < 1.29 is 34.0 Å². The average molecular weight is 394 g/mol. The number of aliphatic hydroxyl groups is 2. The molecule has 5 unspecified atom stereocenters. The Bertz CT molecular complexity index is 775. The Balaban J connectivity index is 2.11. The van der Waals surface area contributed by atoms with Crippen LogP contribution in [-0.2, 0) is 23.8 Å². The van der Waals surface area contributed by atoms with Crippen molar-refractivity contribution in [1.82, 2.24) is 0 Å². The molecule has 4 rings (SSSR count). The van der Waals surface area contributed by atoms with Crippen LogP contribution in [0.4, 0.5) is 0 Å². The first kappa shape index (κ1) is 19.9. The van der Waals surface area contributed by atoms with Gasteiger partial charge in [-0.05, 0) is 39.5 Å². The molecule has 156 valence electrons. The first-order chi connectivity index (χ1) is 13.1. The van der Waals surface area contributed by atoms with Crippen LogP contribution in [0.3, 0.4) is 0 Å². The van der Waals surface area contributed by atoms with Gasteiger partial charge in [-0.3, -0.25) is 9.59 Å². The highest BCUT2D eigenvalue weighted by atomic mass is 16.6. The number of ketones is 1. The van der Waals surface area contributed by atoms with Gasteiger partial charge in [-0.1, -0.05) is 13.8 Å². The van der Waals surface area contributed by atoms with Crippen molar-refractivity contribution in [3.8, 4) is 0 Å². The van der Waals surface area contributed by atoms with Gasteiger partial charge in [-0.2, -0.15) is 0 Å². The van der Waals surface area contributed by atoms with Crippen LogP contribution < -0.4 is 0 Å². The second-order valence-corrected chi connectivity index (χ2v) is 8.99. The van der Waals surface area contributed by atoms with Crippen LogP contribution >= 0.6 is 0 Å². The Morgan fingerprint density at radius 3 is 2.54 bits per heavy atom. The van der Waals surface area contributed by atoms with E-state index < -0.39 is 51.8 Å². The van der Waals surface area contributed by atoms with Crippen LogP contribution in [0.5, 0.6) is 0 Å². The highest BCUT2D eigenvalue weighted by Gasteiger charge is 2.92. The maximum absolute atomic E-state index is 13.2. The number of fused-ring (bicyclic) bond motifs is 2. The Hall–Kier alpha value is -1.44. The largest absolute Gasteiger partial charge is 0.504 e. The third kappa shape index (κ3) is 1.74. The number of ether oxygens (including phenoxy) is 3. The number of carbonyl (C=O) groups is 2. The van der Waals surface area contributed by atoms with Crippen molar-refractivity contribution in [2.75, 3.05) is 13.2 Å². The Kier molecular flexibility index (Phi) is 4.11. The quantitative estimate of drug-likeness (QED) is 0.704. The summed E-state index contributed by atoms with van der Waals surface area (Å²) in [4.78, 5) is 26.0. The average Bonchev–Trinajstić information content (AvgIpc) is 2.84. The van der Waals surface area contributed by atoms with Crippen LogP contribution in [-0.4, -0.2) is 58.1 Å². The maximum Gasteiger partial charge on any atom is 0.307 e. The number of Topliss-reactive ketones (excluding diaryl/α,β-unsaturated/α-hetero) is 1. The third-order valence-electron chi connectivity index (χ3n) is 7.96. The number of rotatable bonds is 4. The van der Waals surface area contributed by atoms with Gasteiger partial charge in [0.05, 0.1) is 12.3 Å². The van der Waals surface area contributed by atoms with E-state index in [2.05, 4.69) is 0 Å². The van der Waals surface area contributed by atoms with E-state index in [4.69, 9.17) is 14.2 Å². The summed E-state index contributed by atoms with van der Waals surface area (Å²) in [6.07, 6.45) is 0.576. The van der Waals surface area contributed by atoms with Crippen molar-refractivity contribution in [3.05, 3.63) is 11.3 Å². The molecule has 1 saturated heterocycles. The summed E-state index contributed by atoms with van der Waals surface area (Å²) >= 11 is 0. The standard InChI is InChI=1S/C21H30O7/c1-6-26-17-11(3)8-9-19(27-7-2)18(5)10-13(22)28-21(17,19)20(25)12(4)14(23)15(24)16(18)20/h11,16-17,23,25H,6-10H2,1-5H3/t11?,16?,17?,18-,19+,20?,21?/m1/s1. The minimum atomic E-state index is -1.88. The van der Waals surface area contributed by atoms with Gasteiger partial charge in [0.1, 0.15) is 17.3 Å². The van der Waals surface area contributed by atoms with Crippen LogP contribution in [0.2, 0.25) is 0 Å². The summed E-state index contributed by atoms with van der Waals surface area (Å²) in [5.74, 6) is -2.51. The number of allylic oxidation sites excluding steroid dienone is 1. The topological polar surface area (TPSA) is 102 Å². The van der Waals surface area contributed by atoms with Crippen molar-refractivity contribution in [3.63, 3.8) is 0 Å². The number of carbonyl (C=O) groups excluding carboxylic acids is 2. The lowest BCUT2D eigenvalue weighted by Gasteiger charge is -2.62. The van der Waals surface area contributed by atoms with Gasteiger partial charge in [0.15, 0.2) is 5.76 Å². The molecule has 7 nitrogen and oxygen atoms in total. The van der Waals surface area contributed by atoms with E-state index in [9.17, 15) is 19.8 Å². The van der Waals surface area contributed by atoms with Gasteiger partial charge >= 0.3 is 5.97 Å². The van der Waals surface area contributed by atoms with Gasteiger partial charge in [-0.25, -0.2) is 0 Å². The molecule has 3 fully saturated rings. The molecule has 2 N–H and O–H groups in total. The van der Waals surface area contributed by atoms with Crippen LogP contribution in [0.15, 0.2) is 11.3 Å². The van der Waals surface area contributed by atoms with Crippen molar-refractivity contribution in [2.45, 2.75) is 76.8 Å². The van der Waals surface area contributed by atoms with E-state index in [0.717, 1.165) is 6.42 Å². The smallest absolute Gasteiger partial charge is 0.307 e. The monoisotopic (exact) mass is 394 g/mol. The number of hydrogen-bond donors (Lipinski definition) is 2. The summed E-state index contributed by atoms with van der Waals surface area (Å²) in [5.41, 5.74) is -5.43. The molecule has 4 aliphatic rings. The van der Waals surface area contributed by atoms with E-state index in [0.29, 0.717) is 19.6 Å². The molecule has 0 amide bonds. The normalized spacial score (nSPS) is 49.9. The Morgan fingerprint density at radius 2 is 1.93 bits per heavy atom. The fourth-order valence-electron chi connectivity index (χ4n) is 7.05. The van der Waals surface area contributed by atoms with Gasteiger partial charge < -0.3 is 24.4 Å². The lowest BCUT2D eigenvalue weighted by molar-refractivity contribution is -0.325. The molecule has 0 aromatic carbocycles. The minimum absolute atomic E-state index is 0.0305. The van der Waals surface area contributed by atoms with Crippen LogP contribution in [0.1, 0.15) is 53.9 Å². The zero-order valence-electron chi connectivity index (χ0n) is 17.2. The minimum Gasteiger partial charge on any atom is -0.504 e. The van der Waals surface area contributed by atoms with E-state index in [1.165, 1.54) is 0 Å². The third-order valence-corrected chi connectivity index (χ3v) is 7.96. The molecule has 1 aliphatic heterocycles. The molecule has 3 aliphatic carbocycles. The molecule has 2 bridgehead atoms. The van der Waals surface area contributed by atoms with Crippen LogP contribution in [0, 0.1) is 17.3 Å². The summed E-state index contributed by atoms with van der Waals surface area (Å²) < 4.78 is 18.6. The SMILES string of the molecule is CCOC1C(C)CC[C@@]2(OCC)C13OC(=O)C[C@]2(C)C1C(=O)C(O)=C(C)C13O. The molecule has 0 spiro atoms. The zero-order valence-corrected chi connectivity index (χ0v) is 17.2. The summed E-state index contributed by atoms with van der Waals surface area (Å²) in [5, 5.41) is 22.7. The predicted molar refractivity (Wildman–Crippen MR) is 98.5 cm³/mol. The van der Waals surface area contributed by atoms with Crippen LogP contribution in [0.25, 0.3) is 0 Å². The molecule has 7 atom stereocenters. The molecular weight excluding hydrogens is 364 g/mol. The predicted octanol–water partition coefficient (Wildman–Crippen LogP) is 2.06. The van der Waals surface area contributed by atoms with Gasteiger partial charge in [0.25, 0.3) is 0 Å². The fraction of sp³-hybridized carbons (Fsp3) is 0.810. The van der Waals surface area contributed by atoms with Gasteiger partial charge in [-0.15, -0.1) is 0 Å². The number of esters is 1. The molecule has 1 heterocycles. The molecule has 0 aromatic heterocycles. The molecule has 7 heteroatoms. The van der Waals surface area contributed by atoms with Gasteiger partial charge in [0.2, 0.25) is 11.4 Å². The second kappa shape index (κ2) is 5.80. The van der Waals surface area contributed by atoms with E-state index >= 15 is 0 Å². The number of aliphatic hydroxyl groups excluding tert-OH is 1. The summed E-state index contributed by atoms with van der Waals surface area (Å²) in [7, 11) is 0. The Labute approximate surface area is 165 Å². The first-order valence-electron chi connectivity index (χ1n) is 10.2. The maximum atomic E-state index is 13.2. The lowest BCUT2D eigenvalue weighted by Crippen LogP contribution is -2.78. The van der Waals surface area contributed by atoms with E-state index in [1.54, 1.807) is 6.92 Å². The van der Waals surface area contributed by atoms with Crippen molar-refractivity contribution in [1.29, 1.82) is 0 Å². The molecule has 0 aromatic rings. The highest BCUT2D eigenvalue weighted by molar-refractivity contribution is 6.03. The first-order valence-corrected chi connectivity index (χ1v) is 10.2. The van der Waals surface area contributed by atoms with Crippen molar-refractivity contribution >= 4 is 11.8 Å². The summed E-state index contributed by atoms with van der Waals surface area (Å²) in [6.45, 7) is 9.77. The Morgan fingerprint density at radius 1 is 1.25 bits per heavy atom. The van der Waals surface area contributed by atoms with E-state index in [-0.39, 0.29) is 17.9 Å². The zero-order chi connectivity index (χ0) is 20.7. The van der Waals surface area contributed by atoms with Gasteiger partial charge in [0, 0.05) is 24.2 Å². The molecule has 2 saturated carbocycles. The fourth-order valence-corrected chi connectivity index (χ4v) is 7.05. The van der Waals surface area contributed by atoms with E-state index in [1.807, 2.05) is 27.7 Å². The molecule has 0 radical (unpaired) electrons. The number of hydrogen-bond acceptors (Lipinski definition) is 7. The highest BCUT2D eigenvalue weighted by Crippen LogP contribution is 2.75. The lowest BCUT2D eigenvalue weighted by atomic mass is 9.55.